The smallest absolute Gasteiger partial charge is 0.275 e. The van der Waals surface area contributed by atoms with Crippen LogP contribution >= 0.6 is 34.2 Å². The summed E-state index contributed by atoms with van der Waals surface area (Å²) < 4.78 is 11.5. The maximum absolute atomic E-state index is 12.6. The molecule has 1 amide bonds. The molecule has 0 aliphatic rings. The Hall–Kier alpha value is -2.78. The molecule has 8 heteroatoms. The lowest BCUT2D eigenvalue weighted by molar-refractivity contribution is 0.0950. The third-order valence-electron chi connectivity index (χ3n) is 4.12. The Bertz CT molecular complexity index is 1090. The third-order valence-corrected chi connectivity index (χ3v) is 5.31. The fourth-order valence-corrected chi connectivity index (χ4v) is 3.42. The van der Waals surface area contributed by atoms with E-state index in [9.17, 15) is 9.90 Å². The van der Waals surface area contributed by atoms with E-state index in [1.807, 2.05) is 40.8 Å². The molecule has 0 radical (unpaired) electrons. The van der Waals surface area contributed by atoms with Crippen molar-refractivity contribution in [3.8, 4) is 17.2 Å². The number of halogens is 2. The number of aromatic hydroxyl groups is 1. The summed E-state index contributed by atoms with van der Waals surface area (Å²) in [6.45, 7) is 0.235. The predicted octanol–water partition coefficient (Wildman–Crippen LogP) is 5.00. The molecule has 0 aliphatic carbocycles. The predicted molar refractivity (Wildman–Crippen MR) is 125 cm³/mol. The van der Waals surface area contributed by atoms with Crippen LogP contribution in [-0.2, 0) is 6.61 Å². The van der Waals surface area contributed by atoms with Crippen molar-refractivity contribution in [2.24, 2.45) is 5.10 Å². The van der Waals surface area contributed by atoms with E-state index in [1.54, 1.807) is 42.5 Å². The van der Waals surface area contributed by atoms with Gasteiger partial charge in [0.25, 0.3) is 5.91 Å². The second kappa shape index (κ2) is 10.3. The topological polar surface area (TPSA) is 80.2 Å². The molecule has 3 aromatic rings. The maximum Gasteiger partial charge on any atom is 0.275 e. The van der Waals surface area contributed by atoms with E-state index >= 15 is 0 Å². The molecule has 0 atom stereocenters. The number of para-hydroxylation sites is 1. The number of benzene rings is 3. The number of hydrogen-bond donors (Lipinski definition) is 2. The molecule has 0 bridgehead atoms. The first-order chi connectivity index (χ1) is 14.5. The average molecular weight is 537 g/mol. The number of methoxy groups -OCH3 is 1. The summed E-state index contributed by atoms with van der Waals surface area (Å²) >= 11 is 8.15. The van der Waals surface area contributed by atoms with Crippen LogP contribution in [-0.4, -0.2) is 24.3 Å². The van der Waals surface area contributed by atoms with Crippen molar-refractivity contribution in [1.29, 1.82) is 0 Å². The number of hydrogen-bond acceptors (Lipinski definition) is 5. The number of phenols is 1. The van der Waals surface area contributed by atoms with Crippen LogP contribution in [0.15, 0.2) is 65.8 Å². The Morgan fingerprint density at radius 2 is 1.90 bits per heavy atom. The monoisotopic (exact) mass is 536 g/mol. The molecule has 0 spiro atoms. The van der Waals surface area contributed by atoms with E-state index in [-0.39, 0.29) is 12.4 Å². The third kappa shape index (κ3) is 5.43. The number of phenolic OH excluding ortho intramolecular Hbond substituents is 1. The van der Waals surface area contributed by atoms with Crippen molar-refractivity contribution in [3.63, 3.8) is 0 Å². The molecule has 0 saturated carbocycles. The van der Waals surface area contributed by atoms with Gasteiger partial charge < -0.3 is 14.6 Å². The summed E-state index contributed by atoms with van der Waals surface area (Å²) in [5.74, 6) is 0.393. The minimum Gasteiger partial charge on any atom is -0.504 e. The molecule has 3 aromatic carbocycles. The SMILES string of the molecule is COc1cc(/C=N/NC(=O)c2ccccc2OCc2ccccc2Cl)cc(I)c1O. The van der Waals surface area contributed by atoms with Crippen molar-refractivity contribution in [3.05, 3.63) is 85.9 Å². The lowest BCUT2D eigenvalue weighted by Gasteiger charge is -2.11. The second-order valence-corrected chi connectivity index (χ2v) is 7.70. The van der Waals surface area contributed by atoms with Crippen molar-refractivity contribution < 1.29 is 19.4 Å². The van der Waals surface area contributed by atoms with Gasteiger partial charge in [0.1, 0.15) is 12.4 Å². The van der Waals surface area contributed by atoms with Gasteiger partial charge in [0.15, 0.2) is 11.5 Å². The highest BCUT2D eigenvalue weighted by molar-refractivity contribution is 14.1. The molecular formula is C22H18ClIN2O4. The van der Waals surface area contributed by atoms with Gasteiger partial charge >= 0.3 is 0 Å². The molecule has 0 saturated heterocycles. The van der Waals surface area contributed by atoms with Crippen LogP contribution in [0.5, 0.6) is 17.2 Å². The molecule has 6 nitrogen and oxygen atoms in total. The maximum atomic E-state index is 12.6. The number of carbonyl (C=O) groups is 1. The summed E-state index contributed by atoms with van der Waals surface area (Å²) in [7, 11) is 1.47. The highest BCUT2D eigenvalue weighted by Gasteiger charge is 2.12. The van der Waals surface area contributed by atoms with Crippen LogP contribution in [0.4, 0.5) is 0 Å². The zero-order valence-corrected chi connectivity index (χ0v) is 18.8. The van der Waals surface area contributed by atoms with Crippen molar-refractivity contribution in [2.75, 3.05) is 7.11 Å². The Morgan fingerprint density at radius 3 is 2.67 bits per heavy atom. The normalized spacial score (nSPS) is 10.8. The molecule has 3 rings (SSSR count). The lowest BCUT2D eigenvalue weighted by Crippen LogP contribution is -2.18. The van der Waals surface area contributed by atoms with Crippen LogP contribution < -0.4 is 14.9 Å². The van der Waals surface area contributed by atoms with Gasteiger partial charge in [-0.2, -0.15) is 5.10 Å². The van der Waals surface area contributed by atoms with Gasteiger partial charge in [-0.25, -0.2) is 5.43 Å². The summed E-state index contributed by atoms with van der Waals surface area (Å²) in [6, 6.07) is 17.6. The molecule has 0 fully saturated rings. The molecule has 2 N–H and O–H groups in total. The van der Waals surface area contributed by atoms with Gasteiger partial charge in [-0.1, -0.05) is 41.9 Å². The van der Waals surface area contributed by atoms with Gasteiger partial charge in [-0.3, -0.25) is 4.79 Å². The van der Waals surface area contributed by atoms with Gasteiger partial charge in [0.2, 0.25) is 0 Å². The number of nitrogens with one attached hydrogen (secondary N) is 1. The molecule has 0 aliphatic heterocycles. The first kappa shape index (κ1) is 21.9. The van der Waals surface area contributed by atoms with Gasteiger partial charge in [-0.15, -0.1) is 0 Å². The molecule has 0 unspecified atom stereocenters. The Kier molecular flexibility index (Phi) is 7.53. The van der Waals surface area contributed by atoms with E-state index in [1.165, 1.54) is 13.3 Å². The van der Waals surface area contributed by atoms with Crippen LogP contribution in [0, 0.1) is 3.57 Å². The fourth-order valence-electron chi connectivity index (χ4n) is 2.60. The van der Waals surface area contributed by atoms with Crippen molar-refractivity contribution in [1.82, 2.24) is 5.43 Å². The second-order valence-electron chi connectivity index (χ2n) is 6.13. The zero-order chi connectivity index (χ0) is 21.5. The van der Waals surface area contributed by atoms with Crippen molar-refractivity contribution >= 4 is 46.3 Å². The Labute approximate surface area is 192 Å². The van der Waals surface area contributed by atoms with E-state index in [0.29, 0.717) is 31.2 Å². The van der Waals surface area contributed by atoms with E-state index < -0.39 is 5.91 Å². The highest BCUT2D eigenvalue weighted by Crippen LogP contribution is 2.31. The van der Waals surface area contributed by atoms with E-state index in [2.05, 4.69) is 10.5 Å². The van der Waals surface area contributed by atoms with Crippen LogP contribution in [0.25, 0.3) is 0 Å². The van der Waals surface area contributed by atoms with Gasteiger partial charge in [-0.05, 0) is 58.5 Å². The number of hydrazone groups is 1. The summed E-state index contributed by atoms with van der Waals surface area (Å²) in [5.41, 5.74) is 4.32. The Balaban J connectivity index is 1.70. The van der Waals surface area contributed by atoms with Crippen LogP contribution in [0.3, 0.4) is 0 Å². The Morgan fingerprint density at radius 1 is 1.17 bits per heavy atom. The molecular weight excluding hydrogens is 519 g/mol. The lowest BCUT2D eigenvalue weighted by atomic mass is 10.2. The van der Waals surface area contributed by atoms with Crippen LogP contribution in [0.1, 0.15) is 21.5 Å². The minimum absolute atomic E-state index is 0.0591. The molecule has 30 heavy (non-hydrogen) atoms. The fraction of sp³-hybridized carbons (Fsp3) is 0.0909. The zero-order valence-electron chi connectivity index (χ0n) is 15.9. The number of ether oxygens (including phenoxy) is 2. The summed E-state index contributed by atoms with van der Waals surface area (Å²) in [5, 5.41) is 14.5. The highest BCUT2D eigenvalue weighted by atomic mass is 127. The number of carbonyl (C=O) groups excluding carboxylic acids is 1. The van der Waals surface area contributed by atoms with Crippen molar-refractivity contribution in [2.45, 2.75) is 6.61 Å². The number of nitrogens with zero attached hydrogens (tertiary/aromatic N) is 1. The minimum atomic E-state index is -0.415. The molecule has 154 valence electrons. The van der Waals surface area contributed by atoms with E-state index in [0.717, 1.165) is 5.56 Å². The summed E-state index contributed by atoms with van der Waals surface area (Å²) in [6.07, 6.45) is 1.47. The first-order valence-electron chi connectivity index (χ1n) is 8.84. The van der Waals surface area contributed by atoms with Crippen LogP contribution in [0.2, 0.25) is 5.02 Å². The first-order valence-corrected chi connectivity index (χ1v) is 10.3. The number of rotatable bonds is 7. The quantitative estimate of drug-likeness (QED) is 0.253. The summed E-state index contributed by atoms with van der Waals surface area (Å²) in [4.78, 5) is 12.6. The molecule has 0 heterocycles. The van der Waals surface area contributed by atoms with Gasteiger partial charge in [0.05, 0.1) is 22.5 Å². The largest absolute Gasteiger partial charge is 0.504 e. The van der Waals surface area contributed by atoms with E-state index in [4.69, 9.17) is 21.1 Å². The van der Waals surface area contributed by atoms with Gasteiger partial charge in [0, 0.05) is 10.6 Å². The molecule has 0 aromatic heterocycles. The average Bonchev–Trinajstić information content (AvgIpc) is 2.75. The number of amides is 1. The standard InChI is InChI=1S/C22H18ClIN2O4/c1-29-20-11-14(10-18(24)21(20)27)12-25-26-22(28)16-7-3-5-9-19(16)30-13-15-6-2-4-8-17(15)23/h2-12,27H,13H2,1H3,(H,26,28)/b25-12+.